The van der Waals surface area contributed by atoms with Gasteiger partial charge >= 0.3 is 0 Å². The summed E-state index contributed by atoms with van der Waals surface area (Å²) in [5.74, 6) is -1.14. The first kappa shape index (κ1) is 11.1. The molecule has 0 radical (unpaired) electrons. The third kappa shape index (κ3) is 2.06. The molecule has 0 saturated carbocycles. The van der Waals surface area contributed by atoms with Crippen LogP contribution in [0.5, 0.6) is 0 Å². The number of hydrogen-bond donors (Lipinski definition) is 1. The molecule has 2 amide bonds. The smallest absolute Gasteiger partial charge is 0.246 e. The van der Waals surface area contributed by atoms with E-state index >= 15 is 0 Å². The SMILES string of the molecule is O=C1CN(c2cc(Br)ccc2F)C(=O)CN1. The second-order valence-corrected chi connectivity index (χ2v) is 4.27. The van der Waals surface area contributed by atoms with Crippen molar-refractivity contribution in [1.29, 1.82) is 0 Å². The Morgan fingerprint density at radius 3 is 2.88 bits per heavy atom. The van der Waals surface area contributed by atoms with E-state index in [-0.39, 0.29) is 30.6 Å². The van der Waals surface area contributed by atoms with E-state index in [1.807, 2.05) is 0 Å². The second kappa shape index (κ2) is 4.21. The first-order chi connectivity index (χ1) is 7.58. The summed E-state index contributed by atoms with van der Waals surface area (Å²) in [5, 5.41) is 2.40. The Morgan fingerprint density at radius 1 is 1.38 bits per heavy atom. The average molecular weight is 287 g/mol. The normalized spacial score (nSPS) is 16.2. The van der Waals surface area contributed by atoms with Gasteiger partial charge < -0.3 is 5.32 Å². The molecule has 1 aliphatic heterocycles. The van der Waals surface area contributed by atoms with E-state index in [1.54, 1.807) is 0 Å². The number of carbonyl (C=O) groups is 2. The van der Waals surface area contributed by atoms with Crippen LogP contribution in [0, 0.1) is 5.82 Å². The van der Waals surface area contributed by atoms with Gasteiger partial charge in [-0.2, -0.15) is 0 Å². The van der Waals surface area contributed by atoms with Gasteiger partial charge in [-0.05, 0) is 18.2 Å². The van der Waals surface area contributed by atoms with Gasteiger partial charge in [-0.15, -0.1) is 0 Å². The van der Waals surface area contributed by atoms with Crippen molar-refractivity contribution >= 4 is 33.4 Å². The molecule has 84 valence electrons. The van der Waals surface area contributed by atoms with Crippen LogP contribution in [0.3, 0.4) is 0 Å². The van der Waals surface area contributed by atoms with E-state index in [0.717, 1.165) is 4.90 Å². The molecule has 1 fully saturated rings. The van der Waals surface area contributed by atoms with E-state index in [2.05, 4.69) is 21.2 Å². The number of halogens is 2. The number of nitrogens with one attached hydrogen (secondary N) is 1. The molecule has 1 aliphatic rings. The lowest BCUT2D eigenvalue weighted by Crippen LogP contribution is -2.52. The number of hydrogen-bond acceptors (Lipinski definition) is 2. The zero-order valence-electron chi connectivity index (χ0n) is 8.17. The topological polar surface area (TPSA) is 49.4 Å². The van der Waals surface area contributed by atoms with Crippen molar-refractivity contribution in [2.24, 2.45) is 0 Å². The van der Waals surface area contributed by atoms with Gasteiger partial charge in [0.05, 0.1) is 12.2 Å². The number of benzene rings is 1. The Labute approximate surface area is 99.6 Å². The Kier molecular flexibility index (Phi) is 2.91. The molecule has 0 atom stereocenters. The van der Waals surface area contributed by atoms with E-state index in [0.29, 0.717) is 4.47 Å². The maximum atomic E-state index is 13.5. The Morgan fingerprint density at radius 2 is 2.12 bits per heavy atom. The molecule has 1 aromatic carbocycles. The average Bonchev–Trinajstić information content (AvgIpc) is 2.25. The summed E-state index contributed by atoms with van der Waals surface area (Å²) >= 11 is 3.19. The first-order valence-electron chi connectivity index (χ1n) is 4.60. The molecule has 0 unspecified atom stereocenters. The van der Waals surface area contributed by atoms with Gasteiger partial charge in [-0.25, -0.2) is 4.39 Å². The minimum atomic E-state index is -0.522. The van der Waals surface area contributed by atoms with Crippen LogP contribution in [-0.4, -0.2) is 24.9 Å². The Bertz CT molecular complexity index is 464. The van der Waals surface area contributed by atoms with Crippen LogP contribution in [0.1, 0.15) is 0 Å². The van der Waals surface area contributed by atoms with Gasteiger partial charge in [0, 0.05) is 4.47 Å². The lowest BCUT2D eigenvalue weighted by atomic mass is 10.2. The maximum Gasteiger partial charge on any atom is 0.246 e. The molecule has 2 rings (SSSR count). The molecule has 1 saturated heterocycles. The van der Waals surface area contributed by atoms with Crippen molar-refractivity contribution in [3.05, 3.63) is 28.5 Å². The summed E-state index contributed by atoms with van der Waals surface area (Å²) in [6.45, 7) is -0.239. The number of rotatable bonds is 1. The van der Waals surface area contributed by atoms with E-state index in [1.165, 1.54) is 18.2 Å². The summed E-state index contributed by atoms with van der Waals surface area (Å²) in [7, 11) is 0. The molecule has 0 aliphatic carbocycles. The number of anilines is 1. The molecule has 0 aromatic heterocycles. The number of carbonyl (C=O) groups excluding carboxylic acids is 2. The zero-order chi connectivity index (χ0) is 11.7. The van der Waals surface area contributed by atoms with Crippen LogP contribution < -0.4 is 10.2 Å². The fourth-order valence-corrected chi connectivity index (χ4v) is 1.82. The lowest BCUT2D eigenvalue weighted by Gasteiger charge is -2.27. The molecular weight excluding hydrogens is 279 g/mol. The third-order valence-electron chi connectivity index (χ3n) is 2.24. The molecule has 0 bridgehead atoms. The predicted molar refractivity (Wildman–Crippen MR) is 59.5 cm³/mol. The van der Waals surface area contributed by atoms with Crippen molar-refractivity contribution in [3.63, 3.8) is 0 Å². The van der Waals surface area contributed by atoms with Crippen molar-refractivity contribution < 1.29 is 14.0 Å². The van der Waals surface area contributed by atoms with Crippen LogP contribution in [0.2, 0.25) is 0 Å². The van der Waals surface area contributed by atoms with Crippen LogP contribution in [0.25, 0.3) is 0 Å². The van der Waals surface area contributed by atoms with Crippen molar-refractivity contribution in [2.45, 2.75) is 0 Å². The van der Waals surface area contributed by atoms with Gasteiger partial charge in [0.1, 0.15) is 12.4 Å². The van der Waals surface area contributed by atoms with E-state index in [9.17, 15) is 14.0 Å². The molecular formula is C10H8BrFN2O2. The van der Waals surface area contributed by atoms with Crippen LogP contribution in [0.15, 0.2) is 22.7 Å². The van der Waals surface area contributed by atoms with Gasteiger partial charge in [0.15, 0.2) is 0 Å². The highest BCUT2D eigenvalue weighted by atomic mass is 79.9. The fraction of sp³-hybridized carbons (Fsp3) is 0.200. The molecule has 1 aromatic rings. The van der Waals surface area contributed by atoms with Gasteiger partial charge in [0.2, 0.25) is 11.8 Å². The monoisotopic (exact) mass is 286 g/mol. The Hall–Kier alpha value is -1.43. The predicted octanol–water partition coefficient (Wildman–Crippen LogP) is 1.05. The summed E-state index contributed by atoms with van der Waals surface area (Å²) in [6.07, 6.45) is 0. The highest BCUT2D eigenvalue weighted by Gasteiger charge is 2.26. The van der Waals surface area contributed by atoms with Gasteiger partial charge in [0.25, 0.3) is 0 Å². The quantitative estimate of drug-likeness (QED) is 0.839. The first-order valence-corrected chi connectivity index (χ1v) is 5.39. The lowest BCUT2D eigenvalue weighted by molar-refractivity contribution is -0.128. The zero-order valence-corrected chi connectivity index (χ0v) is 9.75. The van der Waals surface area contributed by atoms with Crippen molar-refractivity contribution in [3.8, 4) is 0 Å². The van der Waals surface area contributed by atoms with E-state index < -0.39 is 5.82 Å². The third-order valence-corrected chi connectivity index (χ3v) is 2.73. The standard InChI is InChI=1S/C10H8BrFN2O2/c11-6-1-2-7(12)8(3-6)14-5-9(15)13-4-10(14)16/h1-3H,4-5H2,(H,13,15). The highest BCUT2D eigenvalue weighted by molar-refractivity contribution is 9.10. The largest absolute Gasteiger partial charge is 0.345 e. The molecule has 4 nitrogen and oxygen atoms in total. The van der Waals surface area contributed by atoms with E-state index in [4.69, 9.17) is 0 Å². The van der Waals surface area contributed by atoms with Gasteiger partial charge in [-0.3, -0.25) is 14.5 Å². The van der Waals surface area contributed by atoms with Crippen LogP contribution in [0.4, 0.5) is 10.1 Å². The van der Waals surface area contributed by atoms with Crippen LogP contribution in [-0.2, 0) is 9.59 Å². The maximum absolute atomic E-state index is 13.5. The minimum absolute atomic E-state index is 0.0925. The number of nitrogens with zero attached hydrogens (tertiary/aromatic N) is 1. The number of piperazine rings is 1. The van der Waals surface area contributed by atoms with Crippen molar-refractivity contribution in [2.75, 3.05) is 18.0 Å². The summed E-state index contributed by atoms with van der Waals surface area (Å²) < 4.78 is 14.2. The summed E-state index contributed by atoms with van der Waals surface area (Å²) in [4.78, 5) is 23.8. The molecule has 16 heavy (non-hydrogen) atoms. The summed E-state index contributed by atoms with van der Waals surface area (Å²) in [6, 6.07) is 4.26. The van der Waals surface area contributed by atoms with Gasteiger partial charge in [-0.1, -0.05) is 15.9 Å². The fourth-order valence-electron chi connectivity index (χ4n) is 1.47. The van der Waals surface area contributed by atoms with Crippen LogP contribution >= 0.6 is 15.9 Å². The molecule has 1 N–H and O–H groups in total. The highest BCUT2D eigenvalue weighted by Crippen LogP contribution is 2.24. The summed E-state index contributed by atoms with van der Waals surface area (Å²) in [5.41, 5.74) is 0.120. The number of amides is 2. The molecule has 1 heterocycles. The Balaban J connectivity index is 2.38. The molecule has 0 spiro atoms. The molecule has 6 heteroatoms. The second-order valence-electron chi connectivity index (χ2n) is 3.35. The van der Waals surface area contributed by atoms with Crippen molar-refractivity contribution in [1.82, 2.24) is 5.32 Å². The minimum Gasteiger partial charge on any atom is -0.345 e.